The van der Waals surface area contributed by atoms with Crippen LogP contribution < -0.4 is 0 Å². The van der Waals surface area contributed by atoms with E-state index in [9.17, 15) is 9.18 Å². The molecule has 88 valence electrons. The van der Waals surface area contributed by atoms with Gasteiger partial charge < -0.3 is 5.11 Å². The molecule has 0 radical (unpaired) electrons. The molecule has 1 aromatic carbocycles. The third-order valence-electron chi connectivity index (χ3n) is 2.34. The molecular formula is C11H10FN3O2. The van der Waals surface area contributed by atoms with Crippen molar-refractivity contribution in [2.24, 2.45) is 0 Å². The van der Waals surface area contributed by atoms with Crippen molar-refractivity contribution in [2.75, 3.05) is 0 Å². The maximum Gasteiger partial charge on any atom is 0.309 e. The van der Waals surface area contributed by atoms with Crippen LogP contribution in [-0.2, 0) is 11.2 Å². The van der Waals surface area contributed by atoms with Crippen LogP contribution in [0.5, 0.6) is 0 Å². The van der Waals surface area contributed by atoms with Crippen molar-refractivity contribution in [3.05, 3.63) is 41.5 Å². The Bertz CT molecular complexity index is 566. The highest BCUT2D eigenvalue weighted by Crippen LogP contribution is 2.16. The van der Waals surface area contributed by atoms with Gasteiger partial charge in [-0.3, -0.25) is 4.79 Å². The number of aromatic nitrogens is 3. The monoisotopic (exact) mass is 235 g/mol. The number of aliphatic carboxylic acids is 1. The Morgan fingerprint density at radius 3 is 2.94 bits per heavy atom. The minimum atomic E-state index is -0.965. The molecular weight excluding hydrogens is 225 g/mol. The Balaban J connectivity index is 2.46. The lowest BCUT2D eigenvalue weighted by molar-refractivity contribution is -0.136. The van der Waals surface area contributed by atoms with Crippen molar-refractivity contribution in [3.8, 4) is 5.69 Å². The first-order chi connectivity index (χ1) is 8.08. The van der Waals surface area contributed by atoms with Crippen LogP contribution >= 0.6 is 0 Å². The van der Waals surface area contributed by atoms with Crippen molar-refractivity contribution in [1.29, 1.82) is 0 Å². The number of carboxylic acids is 1. The summed E-state index contributed by atoms with van der Waals surface area (Å²) in [6, 6.07) is 4.21. The highest BCUT2D eigenvalue weighted by molar-refractivity contribution is 5.69. The van der Waals surface area contributed by atoms with Crippen LogP contribution in [0.2, 0.25) is 0 Å². The minimum Gasteiger partial charge on any atom is -0.481 e. The average molecular weight is 235 g/mol. The van der Waals surface area contributed by atoms with Crippen LogP contribution in [0, 0.1) is 12.7 Å². The molecule has 5 nitrogen and oxygen atoms in total. The number of aryl methyl sites for hydroxylation is 1. The molecule has 0 amide bonds. The van der Waals surface area contributed by atoms with Crippen LogP contribution in [0.1, 0.15) is 11.3 Å². The highest BCUT2D eigenvalue weighted by atomic mass is 19.1. The molecule has 1 heterocycles. The zero-order valence-electron chi connectivity index (χ0n) is 9.09. The van der Waals surface area contributed by atoms with E-state index in [2.05, 4.69) is 10.3 Å². The van der Waals surface area contributed by atoms with Gasteiger partial charge >= 0.3 is 5.97 Å². The molecule has 17 heavy (non-hydrogen) atoms. The summed E-state index contributed by atoms with van der Waals surface area (Å²) < 4.78 is 14.4. The Kier molecular flexibility index (Phi) is 2.86. The van der Waals surface area contributed by atoms with E-state index in [-0.39, 0.29) is 12.2 Å². The van der Waals surface area contributed by atoms with Gasteiger partial charge in [0.05, 0.1) is 24.0 Å². The summed E-state index contributed by atoms with van der Waals surface area (Å²) >= 11 is 0. The molecule has 0 saturated heterocycles. The normalized spacial score (nSPS) is 10.5. The van der Waals surface area contributed by atoms with Crippen LogP contribution in [0.25, 0.3) is 5.69 Å². The Hall–Kier alpha value is -2.24. The van der Waals surface area contributed by atoms with Crippen molar-refractivity contribution < 1.29 is 14.3 Å². The predicted molar refractivity (Wildman–Crippen MR) is 57.4 cm³/mol. The SMILES string of the molecule is Cc1cc(F)ccc1-n1nncc1CC(=O)O. The lowest BCUT2D eigenvalue weighted by atomic mass is 10.2. The molecule has 0 aliphatic rings. The fraction of sp³-hybridized carbons (Fsp3) is 0.182. The molecule has 0 saturated carbocycles. The van der Waals surface area contributed by atoms with E-state index in [0.717, 1.165) is 0 Å². The zero-order chi connectivity index (χ0) is 12.4. The van der Waals surface area contributed by atoms with Crippen LogP contribution in [-0.4, -0.2) is 26.1 Å². The van der Waals surface area contributed by atoms with Gasteiger partial charge in [-0.25, -0.2) is 9.07 Å². The average Bonchev–Trinajstić information content (AvgIpc) is 2.65. The number of hydrogen-bond acceptors (Lipinski definition) is 3. The Morgan fingerprint density at radius 2 is 2.29 bits per heavy atom. The van der Waals surface area contributed by atoms with Gasteiger partial charge in [0.1, 0.15) is 5.82 Å². The Labute approximate surface area is 96.5 Å². The predicted octanol–water partition coefficient (Wildman–Crippen LogP) is 1.34. The van der Waals surface area contributed by atoms with Crippen molar-refractivity contribution in [2.45, 2.75) is 13.3 Å². The molecule has 2 aromatic rings. The quantitative estimate of drug-likeness (QED) is 0.871. The fourth-order valence-electron chi connectivity index (χ4n) is 1.59. The molecule has 1 N–H and O–H groups in total. The molecule has 1 aromatic heterocycles. The van der Waals surface area contributed by atoms with Gasteiger partial charge in [0.25, 0.3) is 0 Å². The third-order valence-corrected chi connectivity index (χ3v) is 2.34. The van der Waals surface area contributed by atoms with Gasteiger partial charge in [-0.15, -0.1) is 5.10 Å². The van der Waals surface area contributed by atoms with E-state index < -0.39 is 5.97 Å². The van der Waals surface area contributed by atoms with E-state index in [1.165, 1.54) is 23.0 Å². The number of nitrogens with zero attached hydrogens (tertiary/aromatic N) is 3. The summed E-state index contributed by atoms with van der Waals surface area (Å²) in [6.07, 6.45) is 1.21. The van der Waals surface area contributed by atoms with Gasteiger partial charge in [0.2, 0.25) is 0 Å². The summed E-state index contributed by atoms with van der Waals surface area (Å²) in [7, 11) is 0. The fourth-order valence-corrected chi connectivity index (χ4v) is 1.59. The molecule has 2 rings (SSSR count). The maximum atomic E-state index is 13.0. The topological polar surface area (TPSA) is 68.0 Å². The molecule has 0 fully saturated rings. The smallest absolute Gasteiger partial charge is 0.309 e. The summed E-state index contributed by atoms with van der Waals surface area (Å²) in [5.41, 5.74) is 1.74. The molecule has 0 unspecified atom stereocenters. The Morgan fingerprint density at radius 1 is 1.53 bits per heavy atom. The highest BCUT2D eigenvalue weighted by Gasteiger charge is 2.11. The van der Waals surface area contributed by atoms with Crippen molar-refractivity contribution in [1.82, 2.24) is 15.0 Å². The van der Waals surface area contributed by atoms with Crippen molar-refractivity contribution in [3.63, 3.8) is 0 Å². The van der Waals surface area contributed by atoms with E-state index >= 15 is 0 Å². The van der Waals surface area contributed by atoms with E-state index in [0.29, 0.717) is 16.9 Å². The van der Waals surface area contributed by atoms with E-state index in [1.807, 2.05) is 0 Å². The number of rotatable bonds is 3. The van der Waals surface area contributed by atoms with Crippen LogP contribution in [0.15, 0.2) is 24.4 Å². The molecule has 6 heteroatoms. The zero-order valence-corrected chi connectivity index (χ0v) is 9.09. The number of carboxylic acid groups (broad SMARTS) is 1. The summed E-state index contributed by atoms with van der Waals surface area (Å²) in [4.78, 5) is 10.7. The lowest BCUT2D eigenvalue weighted by Gasteiger charge is -2.07. The number of benzene rings is 1. The standard InChI is InChI=1S/C11H10FN3O2/c1-7-4-8(12)2-3-10(7)15-9(5-11(16)17)6-13-14-15/h2-4,6H,5H2,1H3,(H,16,17). The maximum absolute atomic E-state index is 13.0. The van der Waals surface area contributed by atoms with Gasteiger partial charge in [-0.1, -0.05) is 5.21 Å². The second-order valence-corrected chi connectivity index (χ2v) is 3.64. The van der Waals surface area contributed by atoms with Crippen molar-refractivity contribution >= 4 is 5.97 Å². The molecule has 0 aliphatic heterocycles. The molecule has 0 spiro atoms. The van der Waals surface area contributed by atoms with Crippen LogP contribution in [0.3, 0.4) is 0 Å². The van der Waals surface area contributed by atoms with Gasteiger partial charge in [-0.2, -0.15) is 0 Å². The first-order valence-corrected chi connectivity index (χ1v) is 4.96. The molecule has 0 aliphatic carbocycles. The van der Waals surface area contributed by atoms with Gasteiger partial charge in [0, 0.05) is 0 Å². The summed E-state index contributed by atoms with van der Waals surface area (Å²) in [5.74, 6) is -1.31. The molecule has 0 bridgehead atoms. The lowest BCUT2D eigenvalue weighted by Crippen LogP contribution is -2.09. The van der Waals surface area contributed by atoms with E-state index in [4.69, 9.17) is 5.11 Å². The van der Waals surface area contributed by atoms with Crippen LogP contribution in [0.4, 0.5) is 4.39 Å². The third kappa shape index (κ3) is 2.30. The van der Waals surface area contributed by atoms with Gasteiger partial charge in [-0.05, 0) is 30.7 Å². The summed E-state index contributed by atoms with van der Waals surface area (Å²) in [5, 5.41) is 16.2. The summed E-state index contributed by atoms with van der Waals surface area (Å²) in [6.45, 7) is 1.73. The number of hydrogen-bond donors (Lipinski definition) is 1. The first-order valence-electron chi connectivity index (χ1n) is 4.96. The second kappa shape index (κ2) is 4.32. The van der Waals surface area contributed by atoms with Gasteiger partial charge in [0.15, 0.2) is 0 Å². The minimum absolute atomic E-state index is 0.177. The largest absolute Gasteiger partial charge is 0.481 e. The number of halogens is 1. The first kappa shape index (κ1) is 11.3. The molecule has 0 atom stereocenters. The van der Waals surface area contributed by atoms with E-state index in [1.54, 1.807) is 13.0 Å². The second-order valence-electron chi connectivity index (χ2n) is 3.64. The number of carbonyl (C=O) groups is 1.